The third-order valence-electron chi connectivity index (χ3n) is 6.89. The van der Waals surface area contributed by atoms with Gasteiger partial charge in [-0.05, 0) is 43.4 Å². The Hall–Kier alpha value is -3.28. The first-order chi connectivity index (χ1) is 18.0. The summed E-state index contributed by atoms with van der Waals surface area (Å²) in [5.74, 6) is 0. The van der Waals surface area contributed by atoms with Gasteiger partial charge in [-0.1, -0.05) is 121 Å². The quantitative estimate of drug-likeness (QED) is 0.261. The molecule has 0 unspecified atom stereocenters. The summed E-state index contributed by atoms with van der Waals surface area (Å²) in [7, 11) is 6.21. The molecule has 1 N–H and O–H groups in total. The number of hydrogen-bond acceptors (Lipinski definition) is 4. The van der Waals surface area contributed by atoms with Gasteiger partial charge in [-0.25, -0.2) is 0 Å². The Kier molecular flexibility index (Phi) is 9.26. The summed E-state index contributed by atoms with van der Waals surface area (Å²) in [5.41, 5.74) is 3.28. The van der Waals surface area contributed by atoms with Crippen LogP contribution in [0.3, 0.4) is 0 Å². The first kappa shape index (κ1) is 26.8. The summed E-state index contributed by atoms with van der Waals surface area (Å²) in [6.07, 6.45) is -0.745. The van der Waals surface area contributed by atoms with E-state index >= 15 is 0 Å². The molecule has 0 saturated heterocycles. The van der Waals surface area contributed by atoms with E-state index in [9.17, 15) is 5.11 Å². The van der Waals surface area contributed by atoms with Crippen molar-refractivity contribution in [1.29, 1.82) is 0 Å². The Labute approximate surface area is 221 Å². The van der Waals surface area contributed by atoms with Crippen molar-refractivity contribution in [2.75, 3.05) is 40.8 Å². The molecule has 0 aromatic heterocycles. The van der Waals surface area contributed by atoms with E-state index in [1.807, 2.05) is 72.8 Å². The van der Waals surface area contributed by atoms with Crippen LogP contribution in [0.2, 0.25) is 0 Å². The molecule has 0 bridgehead atoms. The van der Waals surface area contributed by atoms with Crippen LogP contribution in [0.4, 0.5) is 0 Å². The van der Waals surface area contributed by atoms with Crippen LogP contribution in [-0.2, 0) is 10.3 Å². The van der Waals surface area contributed by atoms with Gasteiger partial charge in [-0.2, -0.15) is 0 Å². The van der Waals surface area contributed by atoms with Crippen molar-refractivity contribution in [3.05, 3.63) is 144 Å². The van der Waals surface area contributed by atoms with Crippen LogP contribution in [0.25, 0.3) is 0 Å². The number of aliphatic hydroxyl groups is 1. The number of likely N-dealkylation sites (N-methyl/N-ethyl adjacent to an activating group) is 2. The van der Waals surface area contributed by atoms with Gasteiger partial charge in [-0.3, -0.25) is 4.90 Å². The van der Waals surface area contributed by atoms with Crippen molar-refractivity contribution >= 4 is 0 Å². The summed E-state index contributed by atoms with van der Waals surface area (Å²) in [5, 5.41) is 11.7. The minimum absolute atomic E-state index is 0.157. The Balaban J connectivity index is 1.73. The first-order valence-corrected chi connectivity index (χ1v) is 12.9. The predicted molar refractivity (Wildman–Crippen MR) is 152 cm³/mol. The van der Waals surface area contributed by atoms with E-state index in [4.69, 9.17) is 4.74 Å². The average molecular weight is 495 g/mol. The topological polar surface area (TPSA) is 35.9 Å². The van der Waals surface area contributed by atoms with Crippen molar-refractivity contribution in [2.45, 2.75) is 17.7 Å². The van der Waals surface area contributed by atoms with Crippen LogP contribution in [-0.4, -0.2) is 61.8 Å². The molecule has 37 heavy (non-hydrogen) atoms. The maximum absolute atomic E-state index is 11.7. The van der Waals surface area contributed by atoms with Gasteiger partial charge >= 0.3 is 0 Å². The minimum atomic E-state index is -0.867. The zero-order chi connectivity index (χ0) is 26.1. The molecule has 0 fully saturated rings. The van der Waals surface area contributed by atoms with Crippen molar-refractivity contribution in [1.82, 2.24) is 9.80 Å². The van der Waals surface area contributed by atoms with E-state index in [0.717, 1.165) is 35.3 Å². The van der Waals surface area contributed by atoms with Crippen LogP contribution in [0, 0.1) is 0 Å². The Bertz CT molecular complexity index is 1090. The molecule has 0 radical (unpaired) electrons. The van der Waals surface area contributed by atoms with E-state index in [1.54, 1.807) is 0 Å². The molecule has 4 rings (SSSR count). The SMILES string of the molecule is CN(C)CCN(C)[C@H](c1ccccc1)[C@@H](O)COC(c1ccccc1)(c1ccccc1)c1ccccc1. The number of ether oxygens (including phenoxy) is 1. The Morgan fingerprint density at radius 1 is 0.622 bits per heavy atom. The fraction of sp³-hybridized carbons (Fsp3) is 0.273. The van der Waals surface area contributed by atoms with E-state index in [1.165, 1.54) is 0 Å². The van der Waals surface area contributed by atoms with E-state index in [2.05, 4.69) is 79.5 Å². The van der Waals surface area contributed by atoms with Gasteiger partial charge in [0.1, 0.15) is 5.60 Å². The first-order valence-electron chi connectivity index (χ1n) is 12.9. The van der Waals surface area contributed by atoms with Crippen molar-refractivity contribution in [3.63, 3.8) is 0 Å². The lowest BCUT2D eigenvalue weighted by Crippen LogP contribution is -2.42. The van der Waals surface area contributed by atoms with Crippen LogP contribution in [0.1, 0.15) is 28.3 Å². The van der Waals surface area contributed by atoms with Crippen molar-refractivity contribution < 1.29 is 9.84 Å². The standard InChI is InChI=1S/C33H38N2O2/c1-34(2)24-25-35(3)32(27-16-8-4-9-17-27)31(36)26-37-33(28-18-10-5-11-19-28,29-20-12-6-13-21-29)30-22-14-7-15-23-30/h4-23,31-32,36H,24-26H2,1-3H3/t31-,32+/m0/s1. The summed E-state index contributed by atoms with van der Waals surface area (Å²) < 4.78 is 6.94. The van der Waals surface area contributed by atoms with Crippen LogP contribution in [0.5, 0.6) is 0 Å². The van der Waals surface area contributed by atoms with E-state index in [0.29, 0.717) is 0 Å². The van der Waals surface area contributed by atoms with Gasteiger partial charge in [0.25, 0.3) is 0 Å². The van der Waals surface area contributed by atoms with Crippen LogP contribution >= 0.6 is 0 Å². The lowest BCUT2D eigenvalue weighted by Gasteiger charge is -2.39. The molecule has 192 valence electrons. The molecule has 0 saturated carbocycles. The van der Waals surface area contributed by atoms with Gasteiger partial charge in [0.2, 0.25) is 0 Å². The molecule has 4 heteroatoms. The summed E-state index contributed by atoms with van der Waals surface area (Å²) in [6, 6.07) is 40.9. The molecular weight excluding hydrogens is 456 g/mol. The predicted octanol–water partition coefficient (Wildman–Crippen LogP) is 5.59. The highest BCUT2D eigenvalue weighted by molar-refractivity contribution is 5.47. The molecule has 0 aliphatic heterocycles. The smallest absolute Gasteiger partial charge is 0.143 e. The van der Waals surface area contributed by atoms with Gasteiger partial charge in [0.15, 0.2) is 0 Å². The lowest BCUT2D eigenvalue weighted by atomic mass is 9.80. The van der Waals surface area contributed by atoms with Crippen molar-refractivity contribution in [3.8, 4) is 0 Å². The van der Waals surface area contributed by atoms with Gasteiger partial charge in [0, 0.05) is 13.1 Å². The second kappa shape index (κ2) is 12.8. The molecule has 0 amide bonds. The summed E-state index contributed by atoms with van der Waals surface area (Å²) in [6.45, 7) is 1.88. The normalized spacial score (nSPS) is 13.6. The maximum atomic E-state index is 11.7. The summed E-state index contributed by atoms with van der Waals surface area (Å²) in [4.78, 5) is 4.38. The van der Waals surface area contributed by atoms with Crippen LogP contribution < -0.4 is 0 Å². The second-order valence-corrected chi connectivity index (χ2v) is 9.80. The van der Waals surface area contributed by atoms with Gasteiger partial charge in [-0.15, -0.1) is 0 Å². The maximum Gasteiger partial charge on any atom is 0.143 e. The van der Waals surface area contributed by atoms with Crippen molar-refractivity contribution in [2.24, 2.45) is 0 Å². The molecule has 4 nitrogen and oxygen atoms in total. The Morgan fingerprint density at radius 2 is 1.03 bits per heavy atom. The number of nitrogens with zero attached hydrogens (tertiary/aromatic N) is 2. The highest BCUT2D eigenvalue weighted by Gasteiger charge is 2.39. The van der Waals surface area contributed by atoms with Gasteiger partial charge in [0.05, 0.1) is 18.8 Å². The largest absolute Gasteiger partial charge is 0.389 e. The zero-order valence-electron chi connectivity index (χ0n) is 22.1. The third kappa shape index (κ3) is 6.35. The molecule has 4 aromatic carbocycles. The zero-order valence-corrected chi connectivity index (χ0v) is 22.1. The monoisotopic (exact) mass is 494 g/mol. The number of rotatable bonds is 12. The Morgan fingerprint density at radius 3 is 1.43 bits per heavy atom. The van der Waals surface area contributed by atoms with E-state index in [-0.39, 0.29) is 12.6 Å². The van der Waals surface area contributed by atoms with Gasteiger partial charge < -0.3 is 14.7 Å². The average Bonchev–Trinajstić information content (AvgIpc) is 2.95. The fourth-order valence-electron chi connectivity index (χ4n) is 4.99. The summed E-state index contributed by atoms with van der Waals surface area (Å²) >= 11 is 0. The molecular formula is C33H38N2O2. The third-order valence-corrected chi connectivity index (χ3v) is 6.89. The number of hydrogen-bond donors (Lipinski definition) is 1. The molecule has 0 heterocycles. The number of benzene rings is 4. The molecule has 0 aliphatic carbocycles. The minimum Gasteiger partial charge on any atom is -0.389 e. The molecule has 4 aromatic rings. The fourth-order valence-corrected chi connectivity index (χ4v) is 4.99. The molecule has 0 aliphatic rings. The van der Waals surface area contributed by atoms with Crippen LogP contribution in [0.15, 0.2) is 121 Å². The molecule has 0 spiro atoms. The molecule has 2 atom stereocenters. The number of aliphatic hydroxyl groups excluding tert-OH is 1. The second-order valence-electron chi connectivity index (χ2n) is 9.80. The highest BCUT2D eigenvalue weighted by atomic mass is 16.5. The van der Waals surface area contributed by atoms with E-state index < -0.39 is 11.7 Å². The lowest BCUT2D eigenvalue weighted by molar-refractivity contribution is -0.0640. The highest BCUT2D eigenvalue weighted by Crippen LogP contribution is 2.41.